The number of ether oxygens (including phenoxy) is 2. The van der Waals surface area contributed by atoms with Gasteiger partial charge < -0.3 is 57.7 Å². The van der Waals surface area contributed by atoms with E-state index in [1.165, 1.54) is 7.11 Å². The topological polar surface area (TPSA) is 282 Å². The maximum Gasteiger partial charge on any atom is 0.407 e. The third-order valence-electron chi connectivity index (χ3n) is 9.45. The van der Waals surface area contributed by atoms with Crippen molar-refractivity contribution in [2.24, 2.45) is 23.3 Å². The van der Waals surface area contributed by atoms with Crippen LogP contribution in [0.25, 0.3) is 0 Å². The molecule has 0 aromatic heterocycles. The summed E-state index contributed by atoms with van der Waals surface area (Å²) < 4.78 is 9.14. The minimum Gasteiger partial charge on any atom is -0.453 e. The second-order valence-corrected chi connectivity index (χ2v) is 14.3. The minimum absolute atomic E-state index is 0.140. The normalized spacial score (nSPS) is 15.0. The Bertz CT molecular complexity index is 1220. The van der Waals surface area contributed by atoms with Crippen LogP contribution in [0.3, 0.4) is 0 Å². The van der Waals surface area contributed by atoms with Gasteiger partial charge in [-0.25, -0.2) is 9.59 Å². The smallest absolute Gasteiger partial charge is 0.407 e. The van der Waals surface area contributed by atoms with Crippen molar-refractivity contribution in [2.45, 2.75) is 114 Å². The summed E-state index contributed by atoms with van der Waals surface area (Å²) in [5.41, 5.74) is 11.1. The second-order valence-electron chi connectivity index (χ2n) is 14.3. The van der Waals surface area contributed by atoms with Crippen LogP contribution in [0.4, 0.5) is 9.59 Å². The molecule has 8 amide bonds. The third kappa shape index (κ3) is 21.7. The summed E-state index contributed by atoms with van der Waals surface area (Å²) >= 11 is 0. The molecule has 0 aliphatic heterocycles. The first-order valence-electron chi connectivity index (χ1n) is 19.4. The highest BCUT2D eigenvalue weighted by molar-refractivity contribution is 5.90. The molecule has 0 aromatic rings. The predicted molar refractivity (Wildman–Crippen MR) is 201 cm³/mol. The number of nitrogens with one attached hydrogen (secondary N) is 6. The monoisotopic (exact) mass is 781 g/mol. The van der Waals surface area contributed by atoms with E-state index in [1.54, 1.807) is 0 Å². The number of alkyl carbamates (subject to hydrolysis) is 2. The molecule has 2 rings (SSSR count). The first kappa shape index (κ1) is 46.5. The van der Waals surface area contributed by atoms with E-state index in [9.17, 15) is 38.4 Å². The molecule has 0 spiro atoms. The molecule has 0 radical (unpaired) electrons. The van der Waals surface area contributed by atoms with Gasteiger partial charge in [-0.3, -0.25) is 28.8 Å². The molecule has 0 bridgehead atoms. The Balaban J connectivity index is 1.88. The number of nitrogens with zero attached hydrogens (tertiary/aromatic N) is 1. The Morgan fingerprint density at radius 2 is 1.18 bits per heavy atom. The molecule has 0 aromatic carbocycles. The van der Waals surface area contributed by atoms with Crippen LogP contribution in [0.5, 0.6) is 0 Å². The molecule has 0 heterocycles. The largest absolute Gasteiger partial charge is 0.453 e. The summed E-state index contributed by atoms with van der Waals surface area (Å²) in [4.78, 5) is 99.8. The van der Waals surface area contributed by atoms with Crippen LogP contribution in [0, 0.1) is 11.8 Å². The number of amides is 8. The van der Waals surface area contributed by atoms with Crippen molar-refractivity contribution in [3.8, 4) is 0 Å². The van der Waals surface area contributed by atoms with Gasteiger partial charge in [0, 0.05) is 44.6 Å². The molecule has 19 nitrogen and oxygen atoms in total. The lowest BCUT2D eigenvalue weighted by atomic mass is 9.95. The molecule has 55 heavy (non-hydrogen) atoms. The first-order chi connectivity index (χ1) is 26.3. The van der Waals surface area contributed by atoms with Gasteiger partial charge in [-0.2, -0.15) is 0 Å². The first-order valence-corrected chi connectivity index (χ1v) is 19.4. The Kier molecular flexibility index (Phi) is 22.1. The van der Waals surface area contributed by atoms with E-state index >= 15 is 0 Å². The SMILES string of the molecule is COC(=O)NCCCCC(NC(=O)OC)C(=O)NCCC(=O)N(CC(=O)NCCCCC(CC1CC1)C(N)=O)CC(=O)NCCCCC(NC1CC1)C(N)=O. The van der Waals surface area contributed by atoms with E-state index in [0.717, 1.165) is 44.1 Å². The minimum atomic E-state index is -0.983. The maximum atomic E-state index is 13.3. The van der Waals surface area contributed by atoms with Gasteiger partial charge in [-0.15, -0.1) is 0 Å². The van der Waals surface area contributed by atoms with Crippen LogP contribution >= 0.6 is 0 Å². The van der Waals surface area contributed by atoms with Gasteiger partial charge >= 0.3 is 12.2 Å². The van der Waals surface area contributed by atoms with Crippen LogP contribution < -0.4 is 43.4 Å². The summed E-state index contributed by atoms with van der Waals surface area (Å²) in [5.74, 6) is -2.41. The van der Waals surface area contributed by atoms with E-state index in [0.29, 0.717) is 83.0 Å². The number of carbonyl (C=O) groups excluding carboxylic acids is 8. The Morgan fingerprint density at radius 1 is 0.636 bits per heavy atom. The molecule has 3 atom stereocenters. The Labute approximate surface area is 323 Å². The van der Waals surface area contributed by atoms with Crippen LogP contribution in [0.2, 0.25) is 0 Å². The summed E-state index contributed by atoms with van der Waals surface area (Å²) in [7, 11) is 2.40. The van der Waals surface area contributed by atoms with Crippen molar-refractivity contribution >= 4 is 47.6 Å². The fourth-order valence-corrected chi connectivity index (χ4v) is 5.89. The molecule has 312 valence electrons. The molecular formula is C36H63N9O10. The van der Waals surface area contributed by atoms with Crippen LogP contribution in [-0.4, -0.2) is 124 Å². The average molecular weight is 782 g/mol. The maximum absolute atomic E-state index is 13.3. The van der Waals surface area contributed by atoms with Crippen molar-refractivity contribution in [1.29, 1.82) is 0 Å². The Morgan fingerprint density at radius 3 is 1.69 bits per heavy atom. The molecule has 19 heteroatoms. The average Bonchev–Trinajstić information content (AvgIpc) is 4.09. The molecule has 2 fully saturated rings. The van der Waals surface area contributed by atoms with Gasteiger partial charge in [0.1, 0.15) is 19.1 Å². The highest BCUT2D eigenvalue weighted by Crippen LogP contribution is 2.36. The zero-order valence-electron chi connectivity index (χ0n) is 32.4. The third-order valence-corrected chi connectivity index (χ3v) is 9.45. The summed E-state index contributed by atoms with van der Waals surface area (Å²) in [6, 6.07) is -1.09. The van der Waals surface area contributed by atoms with E-state index < -0.39 is 66.9 Å². The number of carbonyl (C=O) groups is 8. The number of primary amides is 2. The van der Waals surface area contributed by atoms with Crippen molar-refractivity contribution < 1.29 is 47.8 Å². The van der Waals surface area contributed by atoms with Gasteiger partial charge in [0.2, 0.25) is 35.4 Å². The lowest BCUT2D eigenvalue weighted by Gasteiger charge is -2.23. The number of hydrogen-bond acceptors (Lipinski definition) is 11. The molecule has 0 saturated heterocycles. The lowest BCUT2D eigenvalue weighted by molar-refractivity contribution is -0.139. The summed E-state index contributed by atoms with van der Waals surface area (Å²) in [6.07, 6.45) is 8.29. The standard InChI is InChI=1S/C36H63N9O10/c1-54-35(52)42-19-8-5-11-28(44-36(53)55-2)34(51)41-20-16-31(48)45(22-29(46)39-17-6-3-9-25(32(37)49)21-24-12-13-24)23-30(47)40-18-7-4-10-27(33(38)50)43-26-14-15-26/h24-28,43H,3-23H2,1-2H3,(H2,37,49)(H2,38,50)(H,39,46)(H,40,47)(H,41,51)(H,42,52)(H,44,53). The fraction of sp³-hybridized carbons (Fsp3) is 0.778. The van der Waals surface area contributed by atoms with Gasteiger partial charge in [-0.05, 0) is 76.5 Å². The lowest BCUT2D eigenvalue weighted by Crippen LogP contribution is -2.49. The van der Waals surface area contributed by atoms with Crippen molar-refractivity contribution in [2.75, 3.05) is 53.5 Å². The molecule has 3 unspecified atom stereocenters. The highest BCUT2D eigenvalue weighted by atomic mass is 16.5. The van der Waals surface area contributed by atoms with Crippen molar-refractivity contribution in [3.63, 3.8) is 0 Å². The van der Waals surface area contributed by atoms with Crippen molar-refractivity contribution in [1.82, 2.24) is 36.8 Å². The highest BCUT2D eigenvalue weighted by Gasteiger charge is 2.29. The van der Waals surface area contributed by atoms with E-state index in [2.05, 4.69) is 41.4 Å². The molecule has 2 saturated carbocycles. The molecule has 2 aliphatic rings. The number of hydrogen-bond donors (Lipinski definition) is 8. The van der Waals surface area contributed by atoms with E-state index in [-0.39, 0.29) is 31.2 Å². The summed E-state index contributed by atoms with van der Waals surface area (Å²) in [6.45, 7) is -0.0371. The van der Waals surface area contributed by atoms with E-state index in [1.807, 2.05) is 0 Å². The molecule has 10 N–H and O–H groups in total. The van der Waals surface area contributed by atoms with Gasteiger partial charge in [0.25, 0.3) is 0 Å². The molecular weight excluding hydrogens is 718 g/mol. The van der Waals surface area contributed by atoms with Gasteiger partial charge in [0.15, 0.2) is 0 Å². The number of rotatable bonds is 30. The van der Waals surface area contributed by atoms with Gasteiger partial charge in [0.05, 0.1) is 20.3 Å². The second kappa shape index (κ2) is 26.2. The predicted octanol–water partition coefficient (Wildman–Crippen LogP) is -0.347. The number of methoxy groups -OCH3 is 2. The number of nitrogens with two attached hydrogens (primary N) is 2. The quantitative estimate of drug-likeness (QED) is 0.0436. The zero-order valence-corrected chi connectivity index (χ0v) is 32.4. The Hall–Kier alpha value is -4.68. The van der Waals surface area contributed by atoms with Crippen molar-refractivity contribution in [3.05, 3.63) is 0 Å². The summed E-state index contributed by atoms with van der Waals surface area (Å²) in [5, 5.41) is 16.3. The van der Waals surface area contributed by atoms with Crippen LogP contribution in [0.15, 0.2) is 0 Å². The molecule has 2 aliphatic carbocycles. The van der Waals surface area contributed by atoms with Gasteiger partial charge in [-0.1, -0.05) is 19.3 Å². The fourth-order valence-electron chi connectivity index (χ4n) is 5.89. The number of unbranched alkanes of at least 4 members (excludes halogenated alkanes) is 3. The van der Waals surface area contributed by atoms with Crippen LogP contribution in [0.1, 0.15) is 96.3 Å². The zero-order chi connectivity index (χ0) is 40.6. The van der Waals surface area contributed by atoms with Crippen LogP contribution in [-0.2, 0) is 38.2 Å². The van der Waals surface area contributed by atoms with E-state index in [4.69, 9.17) is 11.5 Å².